The Labute approximate surface area is 824 Å². The monoisotopic (exact) mass is 1890 g/mol. The molecule has 6 aliphatic rings. The van der Waals surface area contributed by atoms with E-state index >= 15 is 0 Å². The van der Waals surface area contributed by atoms with Crippen LogP contribution in [0.25, 0.3) is 0 Å². The van der Waals surface area contributed by atoms with Crippen LogP contribution in [-0.4, -0.2) is 81.2 Å². The quantitative estimate of drug-likeness (QED) is 0.0590. The Morgan fingerprint density at radius 2 is 0.932 bits per heavy atom. The van der Waals surface area contributed by atoms with Gasteiger partial charge in [0.1, 0.15) is 11.5 Å². The molecule has 2 N–H and O–H groups in total. The summed E-state index contributed by atoms with van der Waals surface area (Å²) in [6, 6.07) is 18.3. The fraction of sp³-hybridized carbons (Fsp3) is 0.805. The van der Waals surface area contributed by atoms with Crippen LogP contribution in [0, 0.1) is 190 Å². The molecule has 0 spiro atoms. The average molecular weight is 1890 g/mol. The van der Waals surface area contributed by atoms with Crippen molar-refractivity contribution in [2.75, 3.05) is 47.8 Å². The summed E-state index contributed by atoms with van der Waals surface area (Å²) < 4.78 is 58.3. The highest BCUT2D eigenvalue weighted by Crippen LogP contribution is 2.62. The van der Waals surface area contributed by atoms with Gasteiger partial charge in [-0.25, -0.2) is 0 Å². The Kier molecular flexibility index (Phi) is 100.0. The number of aliphatic hydroxyl groups excluding tert-OH is 1. The third-order valence-corrected chi connectivity index (χ3v) is 20.9. The summed E-state index contributed by atoms with van der Waals surface area (Å²) in [6.07, 6.45) is 25.9. The highest BCUT2D eigenvalue weighted by Gasteiger charge is 2.52. The van der Waals surface area contributed by atoms with Gasteiger partial charge in [-0.05, 0) is 269 Å². The molecular weight excluding hydrogens is 1670 g/mol. The Morgan fingerprint density at radius 1 is 0.530 bits per heavy atom. The van der Waals surface area contributed by atoms with E-state index in [0.717, 1.165) is 187 Å². The number of aromatic nitrogens is 1. The van der Waals surface area contributed by atoms with Crippen LogP contribution in [0.1, 0.15) is 416 Å². The minimum Gasteiger partial charge on any atom is -0.497 e. The predicted octanol–water partition coefficient (Wildman–Crippen LogP) is 35.9. The zero-order chi connectivity index (χ0) is 105. The highest BCUT2D eigenvalue weighted by molar-refractivity contribution is 6.30. The zero-order valence-electron chi connectivity index (χ0n) is 94.8. The molecule has 0 radical (unpaired) electrons. The zero-order valence-corrected chi connectivity index (χ0v) is 95.6. The molecule has 0 unspecified atom stereocenters. The van der Waals surface area contributed by atoms with E-state index < -0.39 is 18.6 Å². The van der Waals surface area contributed by atoms with Gasteiger partial charge in [-0.15, -0.1) is 36.0 Å². The van der Waals surface area contributed by atoms with Crippen LogP contribution in [0.3, 0.4) is 0 Å². The maximum atomic E-state index is 11.3. The molecule has 6 fully saturated rings. The second-order valence-electron chi connectivity index (χ2n) is 44.3. The minimum absolute atomic E-state index is 0.00463. The number of benzene rings is 2. The number of halogens is 4. The van der Waals surface area contributed by atoms with E-state index in [-0.39, 0.29) is 23.7 Å². The van der Waals surface area contributed by atoms with Crippen molar-refractivity contribution in [2.24, 2.45) is 147 Å². The SMILES string of the molecule is C#CCC(C)C.CC#CCC(C)C.CC(C)C(=O)O.CC(C)C(C)C.CC(C)C12CC3CC(CC(C3)C1)C2.CC(C)C1CC1.CC(C)CC(C)C.CC(C)CC(F)(F)F.CC(C)CC1CC1.CC(C)CO.CC(C)Cc1ccc(Cl)cc1.CCC#CCC(C)C.CCOCC(C)C.COC(=O)C(C)C.COCC(C)C.COc1ccc(CC(C)C)cc1.Cc1cc(CC(C)C)on1. The fourth-order valence-corrected chi connectivity index (χ4v) is 13.3. The minimum atomic E-state index is -3.98. The molecule has 0 amide bonds. The van der Waals surface area contributed by atoms with E-state index in [4.69, 9.17) is 47.0 Å². The molecule has 3 aromatic rings. The van der Waals surface area contributed by atoms with Gasteiger partial charge in [0.25, 0.3) is 0 Å². The lowest BCUT2D eigenvalue weighted by Crippen LogP contribution is -2.48. The Balaban J connectivity index is -0.000000175. The maximum absolute atomic E-state index is 11.3. The summed E-state index contributed by atoms with van der Waals surface area (Å²) in [7, 11) is 4.81. The van der Waals surface area contributed by atoms with Gasteiger partial charge in [-0.2, -0.15) is 13.2 Å². The number of terminal acetylenes is 1. The van der Waals surface area contributed by atoms with E-state index in [9.17, 15) is 22.8 Å². The Hall–Kier alpha value is -4.97. The van der Waals surface area contributed by atoms with Crippen molar-refractivity contribution >= 4 is 23.5 Å². The van der Waals surface area contributed by atoms with Gasteiger partial charge in [-0.3, -0.25) is 9.59 Å². The lowest BCUT2D eigenvalue weighted by Gasteiger charge is -2.58. The van der Waals surface area contributed by atoms with E-state index in [0.29, 0.717) is 36.2 Å². The summed E-state index contributed by atoms with van der Waals surface area (Å²) in [5.74, 6) is 33.0. The topological polar surface area (TPSA) is 138 Å². The molecule has 10 nitrogen and oxygen atoms in total. The molecule has 778 valence electrons. The molecule has 0 atom stereocenters. The van der Waals surface area contributed by atoms with Crippen LogP contribution < -0.4 is 4.74 Å². The standard InChI is InChI=1S/C13H22.C11H16O.C10H13Cl.C8H13NO.C8H14.C7H14.C7H16.C7H12.C6H14O.C6H12.C6H14.C6H10.C5H9F3.C5H10O2.C5H12O.C4H8O2.C4H10O/c1-9(2)13-6-10-3-11(7-13)5-12(4-10)8-13;1-9(2)8-10-4-6-11(12-3)7-5-10;1-8(2)7-9-3-5-10(11)6-4-9;1-6(2)4-8-5-7(3)9-10-8;1-4-5-6-7-8(2)3;1-6(2)5-7-3-4-7;1-6(2)5-7(3)4;1-4-5-6-7(2)3;1-4-7-5-6(2)3;1-5(2)6-3-4-6;1-5(2)6(3)4;1-4-5-6(2)3;1-4(2)3-5(6,7)8;1-4(2)5(6)7-3;1-5(2)4-6-3;1-3(2)4(5)6;1-4(2)3-5/h9-12H,3-8H2,1-2H3;4-7,9H,8H2,1-3H3;3-6,8H,7H2,1-2H3;5-6H,4H2,1-3H3;8H,4,7H2,1-3H3;6-7H,3-5H2,1-2H3;6-7H,5H2,1-4H3;7H,6H2,1-3H3;6H,4-5H2,1-3H3;5-6H,3-4H2,1-2H3;5-6H,1-4H3;1,6H,5H2,2-3H3;4H,3H2,1-2H3;4H,1-3H3;5H,4H2,1-3H3;3H,1-2H3,(H,5,6);4-5H,3H2,1-2H3. The molecular formula is C118H219ClF3NO9. The second-order valence-corrected chi connectivity index (χ2v) is 44.7. The van der Waals surface area contributed by atoms with Gasteiger partial charge < -0.3 is 33.7 Å². The van der Waals surface area contributed by atoms with Gasteiger partial charge in [0.2, 0.25) is 0 Å². The number of rotatable bonds is 26. The first-order valence-electron chi connectivity index (χ1n) is 51.6. The molecule has 132 heavy (non-hydrogen) atoms. The smallest absolute Gasteiger partial charge is 0.389 e. The van der Waals surface area contributed by atoms with Gasteiger partial charge in [0.05, 0.1) is 31.7 Å². The van der Waals surface area contributed by atoms with E-state index in [2.05, 4.69) is 278 Å². The molecule has 1 heterocycles. The van der Waals surface area contributed by atoms with Gasteiger partial charge in [0, 0.05) is 83.2 Å². The third-order valence-electron chi connectivity index (χ3n) is 20.7. The van der Waals surface area contributed by atoms with Crippen molar-refractivity contribution < 1.29 is 56.4 Å². The normalized spacial score (nSPS) is 15.5. The van der Waals surface area contributed by atoms with Gasteiger partial charge >= 0.3 is 18.1 Å². The van der Waals surface area contributed by atoms with E-state index in [1.54, 1.807) is 94.3 Å². The van der Waals surface area contributed by atoms with Crippen LogP contribution in [0.5, 0.6) is 5.75 Å². The first-order chi connectivity index (χ1) is 61.0. The number of aliphatic carboxylic acids is 1. The molecule has 4 bridgehead atoms. The van der Waals surface area contributed by atoms with Crippen LogP contribution in [0.15, 0.2) is 59.1 Å². The van der Waals surface area contributed by atoms with Crippen molar-refractivity contribution in [3.8, 4) is 41.8 Å². The lowest BCUT2D eigenvalue weighted by molar-refractivity contribution is -0.144. The van der Waals surface area contributed by atoms with Crippen LogP contribution in [-0.2, 0) is 43.1 Å². The number of ether oxygens (including phenoxy) is 4. The summed E-state index contributed by atoms with van der Waals surface area (Å²) >= 11 is 5.75. The van der Waals surface area contributed by atoms with E-state index in [1.807, 2.05) is 65.0 Å². The van der Waals surface area contributed by atoms with Crippen LogP contribution >= 0.6 is 11.6 Å². The second kappa shape index (κ2) is 91.1. The molecule has 0 saturated heterocycles. The van der Waals surface area contributed by atoms with Crippen molar-refractivity contribution in [2.45, 2.75) is 425 Å². The first kappa shape index (κ1) is 145. The number of aryl methyl sites for hydroxylation is 1. The average Bonchev–Trinajstić information content (AvgIpc) is 1.74. The number of carbonyl (C=O) groups excluding carboxylic acids is 1. The molecule has 2 aromatic carbocycles. The third kappa shape index (κ3) is 116. The van der Waals surface area contributed by atoms with Crippen molar-refractivity contribution in [1.82, 2.24) is 5.16 Å². The molecule has 14 heteroatoms. The number of hydrogen-bond acceptors (Lipinski definition) is 9. The number of esters is 1. The molecule has 1 aromatic heterocycles. The summed E-state index contributed by atoms with van der Waals surface area (Å²) in [4.78, 5) is 20.0. The largest absolute Gasteiger partial charge is 0.497 e. The van der Waals surface area contributed by atoms with Gasteiger partial charge in [0.15, 0.2) is 0 Å². The number of alkyl halides is 3. The van der Waals surface area contributed by atoms with Crippen LogP contribution in [0.4, 0.5) is 13.2 Å². The number of carboxylic acid groups (broad SMARTS) is 1. The lowest BCUT2D eigenvalue weighted by atomic mass is 9.47. The molecule has 9 rings (SSSR count). The summed E-state index contributed by atoms with van der Waals surface area (Å²) in [5, 5.41) is 20.7. The van der Waals surface area contributed by atoms with Crippen molar-refractivity contribution in [3.63, 3.8) is 0 Å². The summed E-state index contributed by atoms with van der Waals surface area (Å²) in [6.45, 7) is 91.6. The number of methoxy groups -OCH3 is 3. The molecule has 6 aliphatic carbocycles. The number of carboxylic acids is 1. The van der Waals surface area contributed by atoms with E-state index in [1.165, 1.54) is 56.8 Å². The molecule has 0 aliphatic heterocycles. The highest BCUT2D eigenvalue weighted by atomic mass is 35.5. The number of hydrogen-bond donors (Lipinski definition) is 2. The number of aliphatic hydroxyl groups is 1. The number of nitrogens with zero attached hydrogens (tertiary/aromatic N) is 1. The Morgan fingerprint density at radius 3 is 1.10 bits per heavy atom. The molecule has 6 saturated carbocycles. The fourth-order valence-electron chi connectivity index (χ4n) is 13.2. The van der Waals surface area contributed by atoms with Gasteiger partial charge in [-0.1, -0.05) is 324 Å². The summed E-state index contributed by atoms with van der Waals surface area (Å²) in [5.41, 5.74) is 4.51. The van der Waals surface area contributed by atoms with Crippen molar-refractivity contribution in [1.29, 1.82) is 0 Å². The first-order valence-corrected chi connectivity index (χ1v) is 52.0. The Bertz CT molecular complexity index is 3080. The van der Waals surface area contributed by atoms with Crippen LogP contribution in [0.2, 0.25) is 5.02 Å². The predicted molar refractivity (Wildman–Crippen MR) is 574 cm³/mol. The number of carbonyl (C=O) groups is 2. The maximum Gasteiger partial charge on any atom is 0.389 e. The van der Waals surface area contributed by atoms with Crippen molar-refractivity contribution in [3.05, 3.63) is 82.2 Å².